The summed E-state index contributed by atoms with van der Waals surface area (Å²) in [5.74, 6) is 0. The van der Waals surface area contributed by atoms with Crippen LogP contribution in [-0.4, -0.2) is 73.9 Å². The number of aliphatic hydroxyl groups is 4. The lowest BCUT2D eigenvalue weighted by molar-refractivity contribution is -0.214. The van der Waals surface area contributed by atoms with Gasteiger partial charge in [0.1, 0.15) is 30.5 Å². The van der Waals surface area contributed by atoms with E-state index in [1.807, 2.05) is 0 Å². The van der Waals surface area contributed by atoms with Crippen LogP contribution in [-0.2, 0) is 13.8 Å². The van der Waals surface area contributed by atoms with E-state index < -0.39 is 44.9 Å². The van der Waals surface area contributed by atoms with Crippen LogP contribution in [0.4, 0.5) is 0 Å². The van der Waals surface area contributed by atoms with Gasteiger partial charge in [-0.15, -0.1) is 0 Å². The lowest BCUT2D eigenvalue weighted by Crippen LogP contribution is -2.57. The van der Waals surface area contributed by atoms with Crippen molar-refractivity contribution in [1.29, 1.82) is 0 Å². The van der Waals surface area contributed by atoms with Gasteiger partial charge in [-0.3, -0.25) is 4.52 Å². The zero-order valence-corrected chi connectivity index (χ0v) is 9.55. The minimum Gasteiger partial charge on any atom is -0.388 e. The number of rotatable bonds is 4. The van der Waals surface area contributed by atoms with Crippen molar-refractivity contribution in [2.45, 2.75) is 30.5 Å². The maximum atomic E-state index is 10.4. The second-order valence-electron chi connectivity index (χ2n) is 3.70. The summed E-state index contributed by atoms with van der Waals surface area (Å²) in [6.07, 6.45) is -7.19. The standard InChI is InChI=1S/C7H15O9P/c8-3-1-15-7(6(11)5(3)10)4(9)2-16-17(12,13)14/h3-11H,1-2H2,(H2,12,13,14)/t3-,4-,5-,6+,7-/m1/s1. The van der Waals surface area contributed by atoms with Gasteiger partial charge in [0.25, 0.3) is 0 Å². The molecule has 0 spiro atoms. The van der Waals surface area contributed by atoms with E-state index in [-0.39, 0.29) is 6.61 Å². The molecule has 17 heavy (non-hydrogen) atoms. The highest BCUT2D eigenvalue weighted by Gasteiger charge is 2.41. The highest BCUT2D eigenvalue weighted by atomic mass is 31.2. The Morgan fingerprint density at radius 3 is 2.41 bits per heavy atom. The molecule has 0 aromatic heterocycles. The van der Waals surface area contributed by atoms with Crippen LogP contribution in [0.1, 0.15) is 0 Å². The number of aliphatic hydroxyl groups excluding tert-OH is 4. The van der Waals surface area contributed by atoms with E-state index in [1.54, 1.807) is 0 Å². The van der Waals surface area contributed by atoms with Crippen molar-refractivity contribution in [2.75, 3.05) is 13.2 Å². The van der Waals surface area contributed by atoms with Crippen LogP contribution in [0.25, 0.3) is 0 Å². The first-order chi connectivity index (χ1) is 7.72. The highest BCUT2D eigenvalue weighted by Crippen LogP contribution is 2.36. The number of phosphoric acid groups is 1. The molecule has 102 valence electrons. The maximum absolute atomic E-state index is 10.4. The Bertz CT molecular complexity index is 291. The summed E-state index contributed by atoms with van der Waals surface area (Å²) in [6.45, 7) is -1.08. The fourth-order valence-corrected chi connectivity index (χ4v) is 1.78. The largest absolute Gasteiger partial charge is 0.469 e. The van der Waals surface area contributed by atoms with Crippen molar-refractivity contribution in [3.8, 4) is 0 Å². The third-order valence-corrected chi connectivity index (χ3v) is 2.82. The van der Waals surface area contributed by atoms with Crippen molar-refractivity contribution < 1.29 is 44.0 Å². The van der Waals surface area contributed by atoms with Gasteiger partial charge in [0.05, 0.1) is 13.2 Å². The molecule has 1 fully saturated rings. The predicted octanol–water partition coefficient (Wildman–Crippen LogP) is -3.06. The summed E-state index contributed by atoms with van der Waals surface area (Å²) in [5, 5.41) is 37.4. The molecule has 0 radical (unpaired) electrons. The van der Waals surface area contributed by atoms with Gasteiger partial charge >= 0.3 is 7.82 Å². The molecule has 1 aliphatic heterocycles. The quantitative estimate of drug-likeness (QED) is 0.293. The van der Waals surface area contributed by atoms with Gasteiger partial charge in [-0.05, 0) is 0 Å². The van der Waals surface area contributed by atoms with Crippen molar-refractivity contribution >= 4 is 7.82 Å². The Labute approximate surface area is 96.5 Å². The predicted molar refractivity (Wildman–Crippen MR) is 51.8 cm³/mol. The highest BCUT2D eigenvalue weighted by molar-refractivity contribution is 7.46. The Morgan fingerprint density at radius 1 is 1.29 bits per heavy atom. The lowest BCUT2D eigenvalue weighted by atomic mass is 9.97. The SMILES string of the molecule is O=P(O)(O)OC[C@@H](O)[C@H]1OC[C@@H](O)[C@@H](O)[C@@H]1O. The van der Waals surface area contributed by atoms with Gasteiger partial charge < -0.3 is 34.9 Å². The topological polar surface area (TPSA) is 157 Å². The van der Waals surface area contributed by atoms with Crippen molar-refractivity contribution in [3.05, 3.63) is 0 Å². The second-order valence-corrected chi connectivity index (χ2v) is 4.94. The summed E-state index contributed by atoms with van der Waals surface area (Å²) < 4.78 is 19.3. The monoisotopic (exact) mass is 274 g/mol. The molecular weight excluding hydrogens is 259 g/mol. The first-order valence-electron chi connectivity index (χ1n) is 4.76. The lowest BCUT2D eigenvalue weighted by Gasteiger charge is -2.37. The van der Waals surface area contributed by atoms with Gasteiger partial charge in [0.2, 0.25) is 0 Å². The first kappa shape index (κ1) is 15.0. The average Bonchev–Trinajstić information content (AvgIpc) is 2.22. The molecule has 5 atom stereocenters. The number of hydrogen-bond acceptors (Lipinski definition) is 7. The van der Waals surface area contributed by atoms with E-state index in [0.717, 1.165) is 0 Å². The van der Waals surface area contributed by atoms with E-state index in [1.165, 1.54) is 0 Å². The smallest absolute Gasteiger partial charge is 0.388 e. The third kappa shape index (κ3) is 4.25. The molecule has 0 amide bonds. The fraction of sp³-hybridized carbons (Fsp3) is 1.00. The zero-order valence-electron chi connectivity index (χ0n) is 8.66. The van der Waals surface area contributed by atoms with E-state index in [4.69, 9.17) is 19.6 Å². The molecule has 0 bridgehead atoms. The minimum atomic E-state index is -4.73. The van der Waals surface area contributed by atoms with Gasteiger partial charge in [0, 0.05) is 0 Å². The number of hydrogen-bond donors (Lipinski definition) is 6. The van der Waals surface area contributed by atoms with Gasteiger partial charge in [-0.25, -0.2) is 4.57 Å². The Morgan fingerprint density at radius 2 is 1.88 bits per heavy atom. The molecule has 1 heterocycles. The first-order valence-corrected chi connectivity index (χ1v) is 6.29. The Kier molecular flexibility index (Phi) is 5.02. The van der Waals surface area contributed by atoms with Crippen molar-refractivity contribution in [3.63, 3.8) is 0 Å². The molecule has 10 heteroatoms. The zero-order chi connectivity index (χ0) is 13.2. The van der Waals surface area contributed by atoms with Crippen molar-refractivity contribution in [1.82, 2.24) is 0 Å². The molecule has 1 aliphatic rings. The van der Waals surface area contributed by atoms with Crippen LogP contribution in [0, 0.1) is 0 Å². The minimum absolute atomic E-state index is 0.310. The molecule has 1 rings (SSSR count). The number of ether oxygens (including phenoxy) is 1. The maximum Gasteiger partial charge on any atom is 0.469 e. The summed E-state index contributed by atoms with van der Waals surface area (Å²) in [4.78, 5) is 16.8. The second kappa shape index (κ2) is 5.70. The van der Waals surface area contributed by atoms with E-state index in [0.29, 0.717) is 0 Å². The van der Waals surface area contributed by atoms with E-state index >= 15 is 0 Å². The summed E-state index contributed by atoms with van der Waals surface area (Å²) in [7, 11) is -4.73. The van der Waals surface area contributed by atoms with Crippen molar-refractivity contribution in [2.24, 2.45) is 0 Å². The van der Waals surface area contributed by atoms with Crippen LogP contribution in [0.2, 0.25) is 0 Å². The Balaban J connectivity index is 2.52. The van der Waals surface area contributed by atoms with Crippen LogP contribution in [0.15, 0.2) is 0 Å². The normalized spacial score (nSPS) is 36.8. The molecule has 0 unspecified atom stereocenters. The molecule has 6 N–H and O–H groups in total. The van der Waals surface area contributed by atoms with E-state index in [9.17, 15) is 19.9 Å². The van der Waals surface area contributed by atoms with Crippen LogP contribution >= 0.6 is 7.82 Å². The molecular formula is C7H15O9P. The summed E-state index contributed by atoms with van der Waals surface area (Å²) in [5.41, 5.74) is 0. The number of phosphoric ester groups is 1. The molecule has 0 aromatic rings. The summed E-state index contributed by atoms with van der Waals surface area (Å²) >= 11 is 0. The molecule has 0 aliphatic carbocycles. The van der Waals surface area contributed by atoms with Gasteiger partial charge in [-0.2, -0.15) is 0 Å². The molecule has 0 saturated carbocycles. The Hall–Kier alpha value is -0.0900. The van der Waals surface area contributed by atoms with Crippen LogP contribution < -0.4 is 0 Å². The summed E-state index contributed by atoms with van der Waals surface area (Å²) in [6, 6.07) is 0. The molecule has 1 saturated heterocycles. The average molecular weight is 274 g/mol. The third-order valence-electron chi connectivity index (χ3n) is 2.33. The van der Waals surface area contributed by atoms with E-state index in [2.05, 4.69) is 4.52 Å². The van der Waals surface area contributed by atoms with Crippen LogP contribution in [0.3, 0.4) is 0 Å². The van der Waals surface area contributed by atoms with Crippen LogP contribution in [0.5, 0.6) is 0 Å². The van der Waals surface area contributed by atoms with Gasteiger partial charge in [0.15, 0.2) is 0 Å². The molecule has 0 aromatic carbocycles. The molecule has 9 nitrogen and oxygen atoms in total. The van der Waals surface area contributed by atoms with Gasteiger partial charge in [-0.1, -0.05) is 0 Å². The fourth-order valence-electron chi connectivity index (χ4n) is 1.44.